The van der Waals surface area contributed by atoms with E-state index < -0.39 is 0 Å². The largest absolute Gasteiger partial charge is 0.340 e. The molecular weight excluding hydrogens is 409 g/mol. The fourth-order valence-corrected chi connectivity index (χ4v) is 4.27. The van der Waals surface area contributed by atoms with E-state index >= 15 is 0 Å². The molecule has 1 aromatic carbocycles. The van der Waals surface area contributed by atoms with E-state index in [-0.39, 0.29) is 29.2 Å². The van der Waals surface area contributed by atoms with Gasteiger partial charge in [0.25, 0.3) is 5.91 Å². The van der Waals surface area contributed by atoms with Gasteiger partial charge in [0.05, 0.1) is 13.1 Å². The van der Waals surface area contributed by atoms with Gasteiger partial charge in [0, 0.05) is 43.3 Å². The van der Waals surface area contributed by atoms with Gasteiger partial charge in [-0.2, -0.15) is 0 Å². The molecule has 1 aromatic heterocycles. The maximum Gasteiger partial charge on any atom is 0.271 e. The molecule has 0 spiro atoms. The summed E-state index contributed by atoms with van der Waals surface area (Å²) in [6, 6.07) is 7.45. The molecule has 2 aromatic rings. The van der Waals surface area contributed by atoms with E-state index in [1.165, 1.54) is 12.1 Å². The summed E-state index contributed by atoms with van der Waals surface area (Å²) in [5, 5.41) is 0. The molecule has 7 heteroatoms. The first-order chi connectivity index (χ1) is 15.4. The normalized spacial score (nSPS) is 17.5. The number of Topliss-reactive ketones (excluding diaryl/α,β-unsaturated/α-hetero) is 2. The minimum absolute atomic E-state index is 0.0116. The van der Waals surface area contributed by atoms with Crippen LogP contribution in [0, 0.1) is 23.6 Å². The second kappa shape index (κ2) is 9.49. The molecule has 0 atom stereocenters. The Morgan fingerprint density at radius 3 is 2.44 bits per heavy atom. The van der Waals surface area contributed by atoms with Gasteiger partial charge < -0.3 is 9.47 Å². The highest BCUT2D eigenvalue weighted by atomic mass is 19.1. The predicted octanol–water partition coefficient (Wildman–Crippen LogP) is 2.88. The van der Waals surface area contributed by atoms with Gasteiger partial charge in [0.2, 0.25) is 0 Å². The van der Waals surface area contributed by atoms with Crippen molar-refractivity contribution in [2.45, 2.75) is 25.8 Å². The first-order valence-electron chi connectivity index (χ1n) is 10.9. The average Bonchev–Trinajstić information content (AvgIpc) is 3.19. The van der Waals surface area contributed by atoms with E-state index in [1.54, 1.807) is 40.9 Å². The first kappa shape index (κ1) is 22.0. The molecule has 0 radical (unpaired) electrons. The third kappa shape index (κ3) is 4.66. The Balaban J connectivity index is 1.30. The van der Waals surface area contributed by atoms with Crippen LogP contribution in [-0.4, -0.2) is 65.1 Å². The minimum atomic E-state index is -0.339. The van der Waals surface area contributed by atoms with Gasteiger partial charge in [-0.1, -0.05) is 11.8 Å². The summed E-state index contributed by atoms with van der Waals surface area (Å²) < 4.78 is 14.8. The van der Waals surface area contributed by atoms with E-state index in [0.717, 1.165) is 25.9 Å². The number of fused-ring (bicyclic) bond motifs is 1. The lowest BCUT2D eigenvalue weighted by atomic mass is 9.89. The van der Waals surface area contributed by atoms with Crippen LogP contribution in [0.3, 0.4) is 0 Å². The van der Waals surface area contributed by atoms with Crippen molar-refractivity contribution in [2.24, 2.45) is 5.92 Å². The molecule has 2 aliphatic rings. The standard InChI is InChI=1S/C25H26FN3O3/c1-27-14-11-22(30)21-10-17-29(23(21)25(27)32)13-3-2-12-28-15-8-19(9-16-28)24(31)18-4-6-20(26)7-5-18/h4-7,10,17,19H,8-9,11-16H2,1H3. The maximum absolute atomic E-state index is 13.1. The Labute approximate surface area is 187 Å². The van der Waals surface area contributed by atoms with Crippen LogP contribution in [0.5, 0.6) is 0 Å². The second-order valence-corrected chi connectivity index (χ2v) is 8.38. The highest BCUT2D eigenvalue weighted by Crippen LogP contribution is 2.22. The van der Waals surface area contributed by atoms with Crippen molar-refractivity contribution in [3.8, 4) is 11.8 Å². The Bertz CT molecular complexity index is 1090. The summed E-state index contributed by atoms with van der Waals surface area (Å²) in [6.07, 6.45) is 3.60. The van der Waals surface area contributed by atoms with Crippen molar-refractivity contribution in [1.29, 1.82) is 0 Å². The quantitative estimate of drug-likeness (QED) is 0.547. The summed E-state index contributed by atoms with van der Waals surface area (Å²) in [4.78, 5) is 41.2. The third-order valence-electron chi connectivity index (χ3n) is 6.25. The van der Waals surface area contributed by atoms with Crippen LogP contribution in [0.25, 0.3) is 0 Å². The van der Waals surface area contributed by atoms with E-state index in [2.05, 4.69) is 16.7 Å². The summed E-state index contributed by atoms with van der Waals surface area (Å²) in [6.45, 7) is 2.93. The highest BCUT2D eigenvalue weighted by molar-refractivity contribution is 6.08. The van der Waals surface area contributed by atoms with Crippen LogP contribution in [0.4, 0.5) is 4.39 Å². The zero-order chi connectivity index (χ0) is 22.7. The van der Waals surface area contributed by atoms with Crippen molar-refractivity contribution in [1.82, 2.24) is 14.4 Å². The number of hydrogen-bond donors (Lipinski definition) is 0. The molecule has 0 N–H and O–H groups in total. The van der Waals surface area contributed by atoms with E-state index in [1.807, 2.05) is 0 Å². The average molecular weight is 435 g/mol. The number of ketones is 2. The fourth-order valence-electron chi connectivity index (χ4n) is 4.27. The van der Waals surface area contributed by atoms with Crippen molar-refractivity contribution < 1.29 is 18.8 Å². The summed E-state index contributed by atoms with van der Waals surface area (Å²) in [5.41, 5.74) is 1.47. The summed E-state index contributed by atoms with van der Waals surface area (Å²) >= 11 is 0. The Kier molecular flexibility index (Phi) is 6.52. The van der Waals surface area contributed by atoms with Gasteiger partial charge in [0.1, 0.15) is 11.5 Å². The fraction of sp³-hybridized carbons (Fsp3) is 0.400. The third-order valence-corrected chi connectivity index (χ3v) is 6.25. The van der Waals surface area contributed by atoms with Gasteiger partial charge in [-0.15, -0.1) is 0 Å². The number of amides is 1. The highest BCUT2D eigenvalue weighted by Gasteiger charge is 2.28. The van der Waals surface area contributed by atoms with Crippen LogP contribution in [0.1, 0.15) is 50.5 Å². The number of rotatable bonds is 4. The molecule has 2 aliphatic heterocycles. The number of likely N-dealkylation sites (tertiary alicyclic amines) is 1. The monoisotopic (exact) mass is 435 g/mol. The minimum Gasteiger partial charge on any atom is -0.340 e. The van der Waals surface area contributed by atoms with E-state index in [0.29, 0.717) is 42.9 Å². The van der Waals surface area contributed by atoms with Crippen LogP contribution < -0.4 is 0 Å². The second-order valence-electron chi connectivity index (χ2n) is 8.38. The lowest BCUT2D eigenvalue weighted by Gasteiger charge is -2.29. The van der Waals surface area contributed by atoms with Gasteiger partial charge in [-0.25, -0.2) is 4.39 Å². The van der Waals surface area contributed by atoms with Gasteiger partial charge >= 0.3 is 0 Å². The Hall–Kier alpha value is -3.24. The summed E-state index contributed by atoms with van der Waals surface area (Å²) in [7, 11) is 1.71. The predicted molar refractivity (Wildman–Crippen MR) is 118 cm³/mol. The number of hydrogen-bond acceptors (Lipinski definition) is 4. The van der Waals surface area contributed by atoms with Gasteiger partial charge in [-0.3, -0.25) is 19.3 Å². The van der Waals surface area contributed by atoms with Crippen LogP contribution >= 0.6 is 0 Å². The number of aromatic nitrogens is 1. The van der Waals surface area contributed by atoms with Crippen LogP contribution in [0.15, 0.2) is 36.5 Å². The molecule has 0 saturated carbocycles. The molecular formula is C25H26FN3O3. The first-order valence-corrected chi connectivity index (χ1v) is 10.9. The summed E-state index contributed by atoms with van der Waals surface area (Å²) in [5.74, 6) is 5.80. The number of carbonyl (C=O) groups is 3. The zero-order valence-electron chi connectivity index (χ0n) is 18.1. The molecule has 4 rings (SSSR count). The van der Waals surface area contributed by atoms with Crippen molar-refractivity contribution >= 4 is 17.5 Å². The number of piperidine rings is 1. The smallest absolute Gasteiger partial charge is 0.271 e. The number of benzene rings is 1. The van der Waals surface area contributed by atoms with Crippen LogP contribution in [-0.2, 0) is 6.54 Å². The van der Waals surface area contributed by atoms with Gasteiger partial charge in [0.15, 0.2) is 11.6 Å². The van der Waals surface area contributed by atoms with Gasteiger partial charge in [-0.05, 0) is 56.3 Å². The molecule has 32 heavy (non-hydrogen) atoms. The van der Waals surface area contributed by atoms with Crippen molar-refractivity contribution in [2.75, 3.05) is 33.2 Å². The molecule has 166 valence electrons. The molecule has 0 unspecified atom stereocenters. The zero-order valence-corrected chi connectivity index (χ0v) is 18.1. The Morgan fingerprint density at radius 2 is 1.72 bits per heavy atom. The lowest BCUT2D eigenvalue weighted by Crippen LogP contribution is -2.36. The maximum atomic E-state index is 13.1. The molecule has 0 aliphatic carbocycles. The Morgan fingerprint density at radius 1 is 1.03 bits per heavy atom. The molecule has 1 saturated heterocycles. The van der Waals surface area contributed by atoms with E-state index in [9.17, 15) is 18.8 Å². The number of halogens is 1. The van der Waals surface area contributed by atoms with Crippen LogP contribution in [0.2, 0.25) is 0 Å². The molecule has 1 fully saturated rings. The molecule has 3 heterocycles. The van der Waals surface area contributed by atoms with Crippen molar-refractivity contribution in [3.05, 3.63) is 59.2 Å². The molecule has 6 nitrogen and oxygen atoms in total. The molecule has 1 amide bonds. The van der Waals surface area contributed by atoms with E-state index in [4.69, 9.17) is 0 Å². The van der Waals surface area contributed by atoms with Crippen molar-refractivity contribution in [3.63, 3.8) is 0 Å². The lowest BCUT2D eigenvalue weighted by molar-refractivity contribution is 0.0787. The number of carbonyl (C=O) groups excluding carboxylic acids is 3. The topological polar surface area (TPSA) is 62.6 Å². The molecule has 0 bridgehead atoms. The number of nitrogens with zero attached hydrogens (tertiary/aromatic N) is 3. The SMILES string of the molecule is CN1CCC(=O)c2ccn(CC#CCN3CCC(C(=O)c4ccc(F)cc4)CC3)c2C1=O.